The van der Waals surface area contributed by atoms with Gasteiger partial charge in [0.15, 0.2) is 0 Å². The first kappa shape index (κ1) is 6.76. The fourth-order valence-electron chi connectivity index (χ4n) is 1.77. The Morgan fingerprint density at radius 2 is 1.83 bits per heavy atom. The Hall–Kier alpha value is -0.720. The Labute approximate surface area is 73.5 Å². The van der Waals surface area contributed by atoms with Crippen LogP contribution in [-0.2, 0) is 0 Å². The van der Waals surface area contributed by atoms with Crippen molar-refractivity contribution in [1.82, 2.24) is 5.32 Å². The van der Waals surface area contributed by atoms with Crippen LogP contribution in [0.3, 0.4) is 0 Å². The van der Waals surface area contributed by atoms with E-state index in [1.807, 2.05) is 0 Å². The van der Waals surface area contributed by atoms with E-state index in [0.717, 1.165) is 11.8 Å². The Kier molecular flexibility index (Phi) is 1.34. The molecule has 1 aliphatic heterocycles. The van der Waals surface area contributed by atoms with Crippen LogP contribution in [0.15, 0.2) is 23.9 Å². The number of rotatable bonds is 2. The predicted molar refractivity (Wildman–Crippen MR) is 49.0 cm³/mol. The van der Waals surface area contributed by atoms with Crippen molar-refractivity contribution in [2.45, 2.75) is 25.7 Å². The third-order valence-corrected chi connectivity index (χ3v) is 2.87. The average Bonchev–Trinajstić information content (AvgIpc) is 2.98. The van der Waals surface area contributed by atoms with Gasteiger partial charge in [0.1, 0.15) is 0 Å². The van der Waals surface area contributed by atoms with Gasteiger partial charge in [0.2, 0.25) is 0 Å². The molecule has 0 aromatic heterocycles. The summed E-state index contributed by atoms with van der Waals surface area (Å²) in [6, 6.07) is 1.47. The monoisotopic (exact) mass is 160 g/mol. The fourth-order valence-corrected chi connectivity index (χ4v) is 1.77. The predicted octanol–water partition coefficient (Wildman–Crippen LogP) is 2.38. The van der Waals surface area contributed by atoms with Gasteiger partial charge in [-0.1, -0.05) is 12.2 Å². The molecule has 0 saturated heterocycles. The summed E-state index contributed by atoms with van der Waals surface area (Å²) in [6.45, 7) is 0. The highest BCUT2D eigenvalue weighted by Crippen LogP contribution is 2.42. The first-order valence-electron chi connectivity index (χ1n) is 4.95. The zero-order chi connectivity index (χ0) is 7.97. The summed E-state index contributed by atoms with van der Waals surface area (Å²) >= 11 is 0. The standard InChI is InChI=1S/C11H14N/c1-2-10(8-4-5-8)12-11(3-1)9-6-7-9/h1-3,8-9,12H,4-7H2. The smallest absolute Gasteiger partial charge is 0.0854 e. The van der Waals surface area contributed by atoms with E-state index < -0.39 is 0 Å². The maximum absolute atomic E-state index is 3.57. The van der Waals surface area contributed by atoms with Crippen LogP contribution in [0.2, 0.25) is 0 Å². The molecule has 1 N–H and O–H groups in total. The number of nitrogens with one attached hydrogen (secondary N) is 1. The van der Waals surface area contributed by atoms with Gasteiger partial charge in [-0.25, -0.2) is 0 Å². The SMILES string of the molecule is C1=C[C](C2CC2)NC(C2CC2)=C1. The lowest BCUT2D eigenvalue weighted by atomic mass is 10.1. The van der Waals surface area contributed by atoms with Crippen LogP contribution in [0.1, 0.15) is 25.7 Å². The Morgan fingerprint density at radius 3 is 2.50 bits per heavy atom. The molecule has 3 aliphatic rings. The molecular formula is C11H14N. The third kappa shape index (κ3) is 1.17. The van der Waals surface area contributed by atoms with E-state index in [2.05, 4.69) is 23.5 Å². The van der Waals surface area contributed by atoms with Crippen LogP contribution in [0, 0.1) is 17.9 Å². The average molecular weight is 160 g/mol. The lowest BCUT2D eigenvalue weighted by molar-refractivity contribution is 0.696. The Bertz CT molecular complexity index is 244. The van der Waals surface area contributed by atoms with Crippen molar-refractivity contribution >= 4 is 0 Å². The summed E-state index contributed by atoms with van der Waals surface area (Å²) in [4.78, 5) is 0. The molecule has 0 spiro atoms. The van der Waals surface area contributed by atoms with Crippen LogP contribution < -0.4 is 5.32 Å². The summed E-state index contributed by atoms with van der Waals surface area (Å²) < 4.78 is 0. The van der Waals surface area contributed by atoms with Crippen LogP contribution in [-0.4, -0.2) is 0 Å². The highest BCUT2D eigenvalue weighted by atomic mass is 15.0. The lowest BCUT2D eigenvalue weighted by Crippen LogP contribution is -2.23. The molecule has 1 heteroatoms. The van der Waals surface area contributed by atoms with E-state index in [0.29, 0.717) is 0 Å². The zero-order valence-corrected chi connectivity index (χ0v) is 7.22. The second-order valence-corrected chi connectivity index (χ2v) is 4.11. The third-order valence-electron chi connectivity index (χ3n) is 2.87. The highest BCUT2D eigenvalue weighted by molar-refractivity contribution is 5.32. The van der Waals surface area contributed by atoms with Crippen molar-refractivity contribution in [2.75, 3.05) is 0 Å². The molecule has 1 heterocycles. The number of dihydropyridines is 1. The molecule has 1 radical (unpaired) electrons. The highest BCUT2D eigenvalue weighted by Gasteiger charge is 2.34. The molecule has 12 heavy (non-hydrogen) atoms. The fraction of sp³-hybridized carbons (Fsp3) is 0.545. The summed E-state index contributed by atoms with van der Waals surface area (Å²) in [5, 5.41) is 3.57. The van der Waals surface area contributed by atoms with E-state index in [4.69, 9.17) is 0 Å². The largest absolute Gasteiger partial charge is 0.376 e. The zero-order valence-electron chi connectivity index (χ0n) is 7.22. The maximum atomic E-state index is 3.57. The maximum Gasteiger partial charge on any atom is 0.0854 e. The van der Waals surface area contributed by atoms with Crippen molar-refractivity contribution in [3.63, 3.8) is 0 Å². The molecule has 2 aliphatic carbocycles. The Morgan fingerprint density at radius 1 is 1.08 bits per heavy atom. The van der Waals surface area contributed by atoms with E-state index in [1.165, 1.54) is 37.4 Å². The van der Waals surface area contributed by atoms with Gasteiger partial charge in [0, 0.05) is 5.70 Å². The summed E-state index contributed by atoms with van der Waals surface area (Å²) in [6.07, 6.45) is 12.3. The second kappa shape index (κ2) is 2.38. The van der Waals surface area contributed by atoms with Crippen LogP contribution >= 0.6 is 0 Å². The number of hydrogen-bond acceptors (Lipinski definition) is 1. The molecule has 0 atom stereocenters. The minimum Gasteiger partial charge on any atom is -0.376 e. The lowest BCUT2D eigenvalue weighted by Gasteiger charge is -2.20. The topological polar surface area (TPSA) is 12.0 Å². The van der Waals surface area contributed by atoms with E-state index >= 15 is 0 Å². The molecule has 2 fully saturated rings. The van der Waals surface area contributed by atoms with Crippen molar-refractivity contribution < 1.29 is 0 Å². The minimum atomic E-state index is 0.865. The molecular weight excluding hydrogens is 146 g/mol. The molecule has 0 unspecified atom stereocenters. The van der Waals surface area contributed by atoms with Gasteiger partial charge in [0.05, 0.1) is 6.04 Å². The van der Waals surface area contributed by atoms with E-state index in [-0.39, 0.29) is 0 Å². The summed E-state index contributed by atoms with van der Waals surface area (Å²) in [5.74, 6) is 1.73. The molecule has 63 valence electrons. The first-order chi connectivity index (χ1) is 5.93. The van der Waals surface area contributed by atoms with Crippen molar-refractivity contribution in [3.05, 3.63) is 30.0 Å². The number of allylic oxidation sites excluding steroid dienone is 3. The molecule has 1 nitrogen and oxygen atoms in total. The van der Waals surface area contributed by atoms with Crippen molar-refractivity contribution in [3.8, 4) is 0 Å². The van der Waals surface area contributed by atoms with Gasteiger partial charge in [-0.3, -0.25) is 0 Å². The first-order valence-corrected chi connectivity index (χ1v) is 4.95. The molecule has 3 rings (SSSR count). The van der Waals surface area contributed by atoms with Crippen molar-refractivity contribution in [1.29, 1.82) is 0 Å². The van der Waals surface area contributed by atoms with Crippen molar-refractivity contribution in [2.24, 2.45) is 11.8 Å². The second-order valence-electron chi connectivity index (χ2n) is 4.11. The molecule has 0 aromatic carbocycles. The van der Waals surface area contributed by atoms with Gasteiger partial charge in [0.25, 0.3) is 0 Å². The van der Waals surface area contributed by atoms with Gasteiger partial charge in [-0.15, -0.1) is 0 Å². The van der Waals surface area contributed by atoms with E-state index in [9.17, 15) is 0 Å². The quantitative estimate of drug-likeness (QED) is 0.654. The van der Waals surface area contributed by atoms with Gasteiger partial charge in [-0.05, 0) is 43.6 Å². The van der Waals surface area contributed by atoms with E-state index in [1.54, 1.807) is 0 Å². The van der Waals surface area contributed by atoms with Gasteiger partial charge in [-0.2, -0.15) is 0 Å². The summed E-state index contributed by atoms with van der Waals surface area (Å²) in [5.41, 5.74) is 1.47. The molecule has 0 aromatic rings. The summed E-state index contributed by atoms with van der Waals surface area (Å²) in [7, 11) is 0. The normalized spacial score (nSPS) is 29.8. The minimum absolute atomic E-state index is 0.865. The number of hydrogen-bond donors (Lipinski definition) is 1. The van der Waals surface area contributed by atoms with Crippen LogP contribution in [0.4, 0.5) is 0 Å². The van der Waals surface area contributed by atoms with Crippen LogP contribution in [0.5, 0.6) is 0 Å². The molecule has 0 bridgehead atoms. The van der Waals surface area contributed by atoms with Gasteiger partial charge >= 0.3 is 0 Å². The van der Waals surface area contributed by atoms with Crippen LogP contribution in [0.25, 0.3) is 0 Å². The van der Waals surface area contributed by atoms with Gasteiger partial charge < -0.3 is 5.32 Å². The molecule has 0 amide bonds. The molecule has 2 saturated carbocycles. The Balaban J connectivity index is 1.71.